The molecule has 0 aliphatic carbocycles. The van der Waals surface area contributed by atoms with Crippen molar-refractivity contribution in [2.24, 2.45) is 14.1 Å². The van der Waals surface area contributed by atoms with E-state index < -0.39 is 0 Å². The van der Waals surface area contributed by atoms with E-state index in [1.54, 1.807) is 17.8 Å². The highest BCUT2D eigenvalue weighted by atomic mass is 16.4. The summed E-state index contributed by atoms with van der Waals surface area (Å²) in [5.41, 5.74) is 10.0. The second-order valence-corrected chi connectivity index (χ2v) is 4.58. The van der Waals surface area contributed by atoms with Gasteiger partial charge in [0, 0.05) is 25.4 Å². The molecule has 0 saturated carbocycles. The summed E-state index contributed by atoms with van der Waals surface area (Å²) >= 11 is 0. The molecule has 0 unspecified atom stereocenters. The topological polar surface area (TPSA) is 79.0 Å². The molecule has 2 aromatic heterocycles. The second-order valence-electron chi connectivity index (χ2n) is 4.58. The Balaban J connectivity index is 2.31. The molecule has 0 aliphatic rings. The molecule has 6 nitrogen and oxygen atoms in total. The van der Waals surface area contributed by atoms with Crippen LogP contribution in [0.3, 0.4) is 0 Å². The molecule has 0 bridgehead atoms. The van der Waals surface area contributed by atoms with E-state index in [0.29, 0.717) is 11.4 Å². The Hall–Kier alpha value is -2.50. The molecule has 2 N–H and O–H groups in total. The molecule has 2 heterocycles. The van der Waals surface area contributed by atoms with Gasteiger partial charge in [-0.15, -0.1) is 0 Å². The number of anilines is 1. The number of hydrogen-bond donors (Lipinski definition) is 1. The summed E-state index contributed by atoms with van der Waals surface area (Å²) in [7, 11) is 3.53. The molecule has 98 valence electrons. The van der Waals surface area contributed by atoms with Crippen LogP contribution in [-0.4, -0.2) is 14.3 Å². The lowest BCUT2D eigenvalue weighted by molar-refractivity contribution is 0.528. The van der Waals surface area contributed by atoms with Gasteiger partial charge in [0.15, 0.2) is 11.4 Å². The van der Waals surface area contributed by atoms with Crippen LogP contribution in [0.4, 0.5) is 5.82 Å². The molecule has 1 aromatic carbocycles. The van der Waals surface area contributed by atoms with E-state index in [9.17, 15) is 4.79 Å². The molecule has 0 saturated heterocycles. The Kier molecular flexibility index (Phi) is 2.28. The van der Waals surface area contributed by atoms with Crippen molar-refractivity contribution in [2.75, 3.05) is 5.73 Å². The molecular formula is C13H14N4O2. The van der Waals surface area contributed by atoms with Crippen molar-refractivity contribution >= 4 is 16.9 Å². The number of aryl methyl sites for hydroxylation is 2. The predicted molar refractivity (Wildman–Crippen MR) is 72.8 cm³/mol. The third-order valence-electron chi connectivity index (χ3n) is 3.44. The Morgan fingerprint density at radius 3 is 2.68 bits per heavy atom. The number of aromatic nitrogens is 3. The van der Waals surface area contributed by atoms with Crippen LogP contribution in [-0.2, 0) is 14.1 Å². The minimum atomic E-state index is -0.372. The SMILES string of the molecule is Cc1c(-c2ccc3oc(=O)n(C)c3c2)c(N)nn1C. The van der Waals surface area contributed by atoms with Crippen molar-refractivity contribution in [1.82, 2.24) is 14.3 Å². The van der Waals surface area contributed by atoms with Crippen molar-refractivity contribution < 1.29 is 4.42 Å². The number of nitrogens with zero attached hydrogens (tertiary/aromatic N) is 3. The van der Waals surface area contributed by atoms with Crippen LogP contribution in [0.15, 0.2) is 27.4 Å². The largest absolute Gasteiger partial charge is 0.419 e. The van der Waals surface area contributed by atoms with Crippen LogP contribution >= 0.6 is 0 Å². The molecule has 0 aliphatic heterocycles. The van der Waals surface area contributed by atoms with Crippen molar-refractivity contribution in [3.05, 3.63) is 34.4 Å². The number of rotatable bonds is 1. The van der Waals surface area contributed by atoms with Crippen LogP contribution in [0.2, 0.25) is 0 Å². The molecular weight excluding hydrogens is 244 g/mol. The van der Waals surface area contributed by atoms with Gasteiger partial charge in [0.05, 0.1) is 5.52 Å². The van der Waals surface area contributed by atoms with Gasteiger partial charge in [-0.1, -0.05) is 6.07 Å². The minimum Gasteiger partial charge on any atom is -0.408 e. The molecule has 0 fully saturated rings. The Morgan fingerprint density at radius 2 is 2.05 bits per heavy atom. The number of nitrogen functional groups attached to an aromatic ring is 1. The summed E-state index contributed by atoms with van der Waals surface area (Å²) in [5.74, 6) is 0.107. The van der Waals surface area contributed by atoms with Crippen LogP contribution < -0.4 is 11.5 Å². The Labute approximate surface area is 109 Å². The maximum absolute atomic E-state index is 11.5. The van der Waals surface area contributed by atoms with E-state index in [4.69, 9.17) is 10.2 Å². The summed E-state index contributed by atoms with van der Waals surface area (Å²) in [6.45, 7) is 1.96. The third kappa shape index (κ3) is 1.56. The highest BCUT2D eigenvalue weighted by molar-refractivity contribution is 5.84. The lowest BCUT2D eigenvalue weighted by atomic mass is 10.1. The standard InChI is InChI=1S/C13H14N4O2/c1-7-11(12(14)15-17(7)3)8-4-5-10-9(6-8)16(2)13(18)19-10/h4-6H,1-3H3,(H2,14,15). The minimum absolute atomic E-state index is 0.372. The summed E-state index contributed by atoms with van der Waals surface area (Å²) < 4.78 is 8.32. The first-order chi connectivity index (χ1) is 8.99. The second kappa shape index (κ2) is 3.74. The lowest BCUT2D eigenvalue weighted by Gasteiger charge is -2.02. The Bertz CT molecular complexity index is 838. The first kappa shape index (κ1) is 11.6. The van der Waals surface area contributed by atoms with Crippen molar-refractivity contribution in [1.29, 1.82) is 0 Å². The third-order valence-corrected chi connectivity index (χ3v) is 3.44. The normalized spacial score (nSPS) is 11.3. The summed E-state index contributed by atoms with van der Waals surface area (Å²) in [5, 5.41) is 4.20. The van der Waals surface area contributed by atoms with Crippen molar-refractivity contribution in [3.63, 3.8) is 0 Å². The van der Waals surface area contributed by atoms with Crippen molar-refractivity contribution in [2.45, 2.75) is 6.92 Å². The molecule has 0 atom stereocenters. The first-order valence-electron chi connectivity index (χ1n) is 5.88. The zero-order chi connectivity index (χ0) is 13.7. The fraction of sp³-hybridized carbons (Fsp3) is 0.231. The number of oxazole rings is 1. The number of nitrogens with two attached hydrogens (primary N) is 1. The summed E-state index contributed by atoms with van der Waals surface area (Å²) in [4.78, 5) is 11.5. The van der Waals surface area contributed by atoms with E-state index in [1.807, 2.05) is 26.1 Å². The summed E-state index contributed by atoms with van der Waals surface area (Å²) in [6.07, 6.45) is 0. The van der Waals surface area contributed by atoms with Crippen LogP contribution in [0.5, 0.6) is 0 Å². The van der Waals surface area contributed by atoms with Gasteiger partial charge >= 0.3 is 5.76 Å². The van der Waals surface area contributed by atoms with Crippen molar-refractivity contribution in [3.8, 4) is 11.1 Å². The zero-order valence-electron chi connectivity index (χ0n) is 11.0. The quantitative estimate of drug-likeness (QED) is 0.716. The molecule has 0 radical (unpaired) electrons. The monoisotopic (exact) mass is 258 g/mol. The van der Waals surface area contributed by atoms with Gasteiger partial charge in [0.1, 0.15) is 0 Å². The van der Waals surface area contributed by atoms with E-state index >= 15 is 0 Å². The fourth-order valence-electron chi connectivity index (χ4n) is 2.27. The summed E-state index contributed by atoms with van der Waals surface area (Å²) in [6, 6.07) is 5.55. The Morgan fingerprint density at radius 1 is 1.32 bits per heavy atom. The average molecular weight is 258 g/mol. The molecule has 6 heteroatoms. The van der Waals surface area contributed by atoms with Crippen LogP contribution in [0.1, 0.15) is 5.69 Å². The first-order valence-corrected chi connectivity index (χ1v) is 5.88. The van der Waals surface area contributed by atoms with Gasteiger partial charge in [-0.2, -0.15) is 5.10 Å². The van der Waals surface area contributed by atoms with Gasteiger partial charge in [-0.3, -0.25) is 9.25 Å². The maximum Gasteiger partial charge on any atom is 0.419 e. The zero-order valence-corrected chi connectivity index (χ0v) is 11.0. The van der Waals surface area contributed by atoms with Gasteiger partial charge in [-0.25, -0.2) is 4.79 Å². The van der Waals surface area contributed by atoms with E-state index in [1.165, 1.54) is 4.57 Å². The van der Waals surface area contributed by atoms with Crippen LogP contribution in [0, 0.1) is 6.92 Å². The molecule has 0 spiro atoms. The smallest absolute Gasteiger partial charge is 0.408 e. The van der Waals surface area contributed by atoms with E-state index in [-0.39, 0.29) is 5.76 Å². The lowest BCUT2D eigenvalue weighted by Crippen LogP contribution is -2.08. The molecule has 3 rings (SSSR count). The number of hydrogen-bond acceptors (Lipinski definition) is 4. The number of fused-ring (bicyclic) bond motifs is 1. The van der Waals surface area contributed by atoms with Gasteiger partial charge in [-0.05, 0) is 24.6 Å². The maximum atomic E-state index is 11.5. The molecule has 19 heavy (non-hydrogen) atoms. The van der Waals surface area contributed by atoms with Crippen LogP contribution in [0.25, 0.3) is 22.2 Å². The van der Waals surface area contributed by atoms with E-state index in [2.05, 4.69) is 5.10 Å². The molecule has 3 aromatic rings. The van der Waals surface area contributed by atoms with E-state index in [0.717, 1.165) is 22.3 Å². The predicted octanol–water partition coefficient (Wildman–Crippen LogP) is 1.42. The van der Waals surface area contributed by atoms with Gasteiger partial charge < -0.3 is 10.2 Å². The van der Waals surface area contributed by atoms with Gasteiger partial charge in [0.25, 0.3) is 0 Å². The number of benzene rings is 1. The average Bonchev–Trinajstić information content (AvgIpc) is 2.78. The fourth-order valence-corrected chi connectivity index (χ4v) is 2.27. The highest BCUT2D eigenvalue weighted by Gasteiger charge is 2.14. The highest BCUT2D eigenvalue weighted by Crippen LogP contribution is 2.30. The van der Waals surface area contributed by atoms with Gasteiger partial charge in [0.2, 0.25) is 0 Å². The molecule has 0 amide bonds.